The first-order chi connectivity index (χ1) is 10.1. The van der Waals surface area contributed by atoms with Crippen molar-refractivity contribution in [3.63, 3.8) is 0 Å². The van der Waals surface area contributed by atoms with Gasteiger partial charge < -0.3 is 10.6 Å². The molecule has 2 aromatic carbocycles. The predicted octanol–water partition coefficient (Wildman–Crippen LogP) is 3.52. The second kappa shape index (κ2) is 5.68. The molecule has 1 aliphatic heterocycles. The fraction of sp³-hybridized carbons (Fsp3) is 0.188. The molecule has 0 saturated carbocycles. The Kier molecular flexibility index (Phi) is 3.89. The molecule has 2 aromatic rings. The van der Waals surface area contributed by atoms with Crippen LogP contribution in [0.1, 0.15) is 15.9 Å². The Labute approximate surface area is 133 Å². The van der Waals surface area contributed by atoms with Crippen molar-refractivity contribution in [3.8, 4) is 0 Å². The lowest BCUT2D eigenvalue weighted by atomic mass is 9.97. The van der Waals surface area contributed by atoms with Gasteiger partial charge in [-0.1, -0.05) is 41.4 Å². The summed E-state index contributed by atoms with van der Waals surface area (Å²) >= 11 is 12.1. The lowest BCUT2D eigenvalue weighted by Gasteiger charge is -2.33. The number of carbonyl (C=O) groups excluding carboxylic acids is 1. The van der Waals surface area contributed by atoms with Crippen molar-refractivity contribution < 1.29 is 4.79 Å². The molecule has 1 unspecified atom stereocenters. The van der Waals surface area contributed by atoms with Crippen LogP contribution < -0.4 is 10.6 Å². The number of benzene rings is 2. The molecular weight excluding hydrogens is 307 g/mol. The summed E-state index contributed by atoms with van der Waals surface area (Å²) in [6, 6.07) is 12.6. The second-order valence-corrected chi connectivity index (χ2v) is 5.98. The average molecular weight is 321 g/mol. The van der Waals surface area contributed by atoms with E-state index in [-0.39, 0.29) is 11.9 Å². The third kappa shape index (κ3) is 2.77. The Morgan fingerprint density at radius 2 is 1.95 bits per heavy atom. The van der Waals surface area contributed by atoms with Crippen molar-refractivity contribution in [1.82, 2.24) is 0 Å². The van der Waals surface area contributed by atoms with Crippen molar-refractivity contribution in [1.29, 1.82) is 0 Å². The summed E-state index contributed by atoms with van der Waals surface area (Å²) < 4.78 is 0. The topological polar surface area (TPSA) is 46.3 Å². The Hall–Kier alpha value is -1.55. The fourth-order valence-electron chi connectivity index (χ4n) is 2.63. The highest BCUT2D eigenvalue weighted by atomic mass is 35.5. The monoisotopic (exact) mass is 320 g/mol. The maximum atomic E-state index is 12.8. The molecule has 1 amide bonds. The van der Waals surface area contributed by atoms with Gasteiger partial charge in [0.25, 0.3) is 5.91 Å². The number of halogens is 2. The van der Waals surface area contributed by atoms with E-state index in [2.05, 4.69) is 0 Å². The Morgan fingerprint density at radius 1 is 1.19 bits per heavy atom. The van der Waals surface area contributed by atoms with Crippen LogP contribution in [0, 0.1) is 0 Å². The molecule has 0 bridgehead atoms. The Balaban J connectivity index is 2.04. The molecule has 0 fully saturated rings. The number of fused-ring (bicyclic) bond motifs is 1. The number of rotatable bonds is 1. The summed E-state index contributed by atoms with van der Waals surface area (Å²) in [6.45, 7) is 0.471. The summed E-state index contributed by atoms with van der Waals surface area (Å²) in [5, 5.41) is 0.873. The number of para-hydroxylation sites is 1. The highest BCUT2D eigenvalue weighted by molar-refractivity contribution is 6.36. The van der Waals surface area contributed by atoms with Crippen molar-refractivity contribution in [2.24, 2.45) is 5.73 Å². The Morgan fingerprint density at radius 3 is 2.76 bits per heavy atom. The van der Waals surface area contributed by atoms with Crippen molar-refractivity contribution in [2.75, 3.05) is 11.4 Å². The van der Waals surface area contributed by atoms with E-state index < -0.39 is 0 Å². The molecule has 0 aromatic heterocycles. The van der Waals surface area contributed by atoms with Crippen LogP contribution in [0.15, 0.2) is 42.5 Å². The van der Waals surface area contributed by atoms with Gasteiger partial charge in [-0.15, -0.1) is 0 Å². The first kappa shape index (κ1) is 14.4. The van der Waals surface area contributed by atoms with Gasteiger partial charge in [-0.25, -0.2) is 0 Å². The maximum Gasteiger partial charge on any atom is 0.259 e. The van der Waals surface area contributed by atoms with Crippen LogP contribution in [-0.4, -0.2) is 18.5 Å². The standard InChI is InChI=1S/C16H14Cl2N2O/c17-11-5-6-14(18)13(8-11)16(21)20-9-12(19)7-10-3-1-2-4-15(10)20/h1-6,8,12H,7,9,19H2. The lowest BCUT2D eigenvalue weighted by Crippen LogP contribution is -2.46. The maximum absolute atomic E-state index is 12.8. The highest BCUT2D eigenvalue weighted by Gasteiger charge is 2.28. The minimum atomic E-state index is -0.176. The number of hydrogen-bond donors (Lipinski definition) is 1. The van der Waals surface area contributed by atoms with Gasteiger partial charge in [-0.3, -0.25) is 4.79 Å². The SMILES string of the molecule is NC1Cc2ccccc2N(C(=O)c2cc(Cl)ccc2Cl)C1. The van der Waals surface area contributed by atoms with Gasteiger partial charge in [-0.05, 0) is 36.2 Å². The van der Waals surface area contributed by atoms with E-state index >= 15 is 0 Å². The summed E-state index contributed by atoms with van der Waals surface area (Å²) in [5.74, 6) is -0.176. The second-order valence-electron chi connectivity index (χ2n) is 5.13. The van der Waals surface area contributed by atoms with Crippen molar-refractivity contribution in [2.45, 2.75) is 12.5 Å². The zero-order valence-electron chi connectivity index (χ0n) is 11.2. The van der Waals surface area contributed by atoms with E-state index in [1.165, 1.54) is 0 Å². The number of hydrogen-bond acceptors (Lipinski definition) is 2. The van der Waals surface area contributed by atoms with Crippen molar-refractivity contribution >= 4 is 34.8 Å². The molecule has 3 rings (SSSR count). The summed E-state index contributed by atoms with van der Waals surface area (Å²) in [4.78, 5) is 14.5. The van der Waals surface area contributed by atoms with Crippen LogP contribution in [0.4, 0.5) is 5.69 Å². The molecule has 108 valence electrons. The van der Waals surface area contributed by atoms with Crippen LogP contribution in [0.2, 0.25) is 10.0 Å². The van der Waals surface area contributed by atoms with Crippen LogP contribution in [0.3, 0.4) is 0 Å². The lowest BCUT2D eigenvalue weighted by molar-refractivity contribution is 0.0983. The molecule has 1 aliphatic rings. The molecular formula is C16H14Cl2N2O. The minimum Gasteiger partial charge on any atom is -0.326 e. The zero-order chi connectivity index (χ0) is 15.0. The smallest absolute Gasteiger partial charge is 0.259 e. The van der Waals surface area contributed by atoms with E-state index in [1.54, 1.807) is 23.1 Å². The predicted molar refractivity (Wildman–Crippen MR) is 86.3 cm³/mol. The van der Waals surface area contributed by atoms with Crippen molar-refractivity contribution in [3.05, 3.63) is 63.6 Å². The van der Waals surface area contributed by atoms with Crippen LogP contribution in [-0.2, 0) is 6.42 Å². The van der Waals surface area contributed by atoms with Gasteiger partial charge >= 0.3 is 0 Å². The molecule has 3 nitrogen and oxygen atoms in total. The van der Waals surface area contributed by atoms with E-state index in [0.717, 1.165) is 17.7 Å². The minimum absolute atomic E-state index is 0.0817. The first-order valence-corrected chi connectivity index (χ1v) is 7.42. The zero-order valence-corrected chi connectivity index (χ0v) is 12.7. The van der Waals surface area contributed by atoms with Gasteiger partial charge in [0.2, 0.25) is 0 Å². The van der Waals surface area contributed by atoms with E-state index in [0.29, 0.717) is 22.2 Å². The molecule has 0 aliphatic carbocycles. The average Bonchev–Trinajstić information content (AvgIpc) is 2.48. The normalized spacial score (nSPS) is 17.5. The summed E-state index contributed by atoms with van der Waals surface area (Å²) in [6.07, 6.45) is 0.767. The van der Waals surface area contributed by atoms with Gasteiger partial charge in [0.15, 0.2) is 0 Å². The van der Waals surface area contributed by atoms with E-state index in [4.69, 9.17) is 28.9 Å². The Bertz CT molecular complexity index is 702. The quantitative estimate of drug-likeness (QED) is 0.873. The van der Waals surface area contributed by atoms with Crippen LogP contribution in [0.25, 0.3) is 0 Å². The van der Waals surface area contributed by atoms with Gasteiger partial charge in [0, 0.05) is 23.3 Å². The molecule has 21 heavy (non-hydrogen) atoms. The van der Waals surface area contributed by atoms with E-state index in [1.807, 2.05) is 24.3 Å². The molecule has 1 atom stereocenters. The number of nitrogens with two attached hydrogens (primary N) is 1. The number of amides is 1. The van der Waals surface area contributed by atoms with Gasteiger partial charge in [-0.2, -0.15) is 0 Å². The van der Waals surface area contributed by atoms with Gasteiger partial charge in [0.05, 0.1) is 10.6 Å². The molecule has 1 heterocycles. The fourth-order valence-corrected chi connectivity index (χ4v) is 3.00. The summed E-state index contributed by atoms with van der Waals surface area (Å²) in [5.41, 5.74) is 8.43. The molecule has 2 N–H and O–H groups in total. The molecule has 0 saturated heterocycles. The molecule has 0 radical (unpaired) electrons. The van der Waals surface area contributed by atoms with Crippen LogP contribution in [0.5, 0.6) is 0 Å². The first-order valence-electron chi connectivity index (χ1n) is 6.66. The third-order valence-corrected chi connectivity index (χ3v) is 4.15. The van der Waals surface area contributed by atoms with E-state index in [9.17, 15) is 4.79 Å². The highest BCUT2D eigenvalue weighted by Crippen LogP contribution is 2.30. The van der Waals surface area contributed by atoms with Crippen LogP contribution >= 0.6 is 23.2 Å². The number of nitrogens with zero attached hydrogens (tertiary/aromatic N) is 1. The molecule has 5 heteroatoms. The van der Waals surface area contributed by atoms with Gasteiger partial charge in [0.1, 0.15) is 0 Å². The number of anilines is 1. The number of carbonyl (C=O) groups is 1. The summed E-state index contributed by atoms with van der Waals surface area (Å²) in [7, 11) is 0. The third-order valence-electron chi connectivity index (χ3n) is 3.59. The molecule has 0 spiro atoms. The largest absolute Gasteiger partial charge is 0.326 e.